The first-order valence-corrected chi connectivity index (χ1v) is 6.86. The predicted octanol–water partition coefficient (Wildman–Crippen LogP) is 1.35. The molecule has 7 heteroatoms. The van der Waals surface area contributed by atoms with Crippen LogP contribution < -0.4 is 11.1 Å². The van der Waals surface area contributed by atoms with Crippen molar-refractivity contribution in [2.45, 2.75) is 12.5 Å². The van der Waals surface area contributed by atoms with Crippen molar-refractivity contribution in [2.24, 2.45) is 0 Å². The molecular formula is C9H15BrN4OS. The van der Waals surface area contributed by atoms with E-state index in [4.69, 9.17) is 5.73 Å². The van der Waals surface area contributed by atoms with Gasteiger partial charge in [0.25, 0.3) is 0 Å². The molecule has 0 spiro atoms. The summed E-state index contributed by atoms with van der Waals surface area (Å²) in [5.74, 6) is 1.45. The quantitative estimate of drug-likeness (QED) is 0.761. The number of nitrogens with zero attached hydrogens (tertiary/aromatic N) is 2. The highest BCUT2D eigenvalue weighted by Crippen LogP contribution is 2.20. The lowest BCUT2D eigenvalue weighted by Crippen LogP contribution is -2.36. The van der Waals surface area contributed by atoms with Gasteiger partial charge in [-0.15, -0.1) is 0 Å². The number of nitrogens with two attached hydrogens (primary N) is 1. The van der Waals surface area contributed by atoms with Crippen LogP contribution in [0.4, 0.5) is 11.8 Å². The van der Waals surface area contributed by atoms with Gasteiger partial charge in [0.1, 0.15) is 5.82 Å². The van der Waals surface area contributed by atoms with E-state index in [1.165, 1.54) is 0 Å². The number of nitrogens with one attached hydrogen (secondary N) is 1. The second-order valence-electron chi connectivity index (χ2n) is 3.71. The zero-order valence-corrected chi connectivity index (χ0v) is 11.6. The lowest BCUT2D eigenvalue weighted by molar-refractivity contribution is 0.0996. The molecule has 0 saturated heterocycles. The smallest absolute Gasteiger partial charge is 0.221 e. The standard InChI is InChI=1S/C9H15BrN4OS/c1-9(15,5-16-2)4-13-7-6(10)3-12-8(11)14-7/h3,15H,4-5H2,1-2H3,(H3,11,12,13,14). The molecule has 5 nitrogen and oxygen atoms in total. The summed E-state index contributed by atoms with van der Waals surface area (Å²) in [7, 11) is 0. The van der Waals surface area contributed by atoms with Crippen molar-refractivity contribution in [3.8, 4) is 0 Å². The van der Waals surface area contributed by atoms with Crippen molar-refractivity contribution >= 4 is 39.5 Å². The molecule has 1 rings (SSSR count). The molecule has 0 bridgehead atoms. The minimum absolute atomic E-state index is 0.204. The molecule has 0 amide bonds. The highest BCUT2D eigenvalue weighted by molar-refractivity contribution is 9.10. The van der Waals surface area contributed by atoms with E-state index in [2.05, 4.69) is 31.2 Å². The molecule has 1 atom stereocenters. The monoisotopic (exact) mass is 306 g/mol. The van der Waals surface area contributed by atoms with Gasteiger partial charge in [-0.25, -0.2) is 4.98 Å². The molecule has 4 N–H and O–H groups in total. The summed E-state index contributed by atoms with van der Waals surface area (Å²) in [5.41, 5.74) is 4.70. The first kappa shape index (κ1) is 13.5. The van der Waals surface area contributed by atoms with Gasteiger partial charge in [0.15, 0.2) is 0 Å². The molecule has 0 aromatic carbocycles. The maximum atomic E-state index is 9.96. The second-order valence-corrected chi connectivity index (χ2v) is 5.43. The Bertz CT molecular complexity index is 361. The van der Waals surface area contributed by atoms with Crippen LogP contribution in [0.5, 0.6) is 0 Å². The van der Waals surface area contributed by atoms with Crippen LogP contribution >= 0.6 is 27.7 Å². The van der Waals surface area contributed by atoms with Crippen molar-refractivity contribution in [3.63, 3.8) is 0 Å². The van der Waals surface area contributed by atoms with Gasteiger partial charge in [0, 0.05) is 18.5 Å². The second kappa shape index (κ2) is 5.70. The van der Waals surface area contributed by atoms with Gasteiger partial charge in [-0.3, -0.25) is 0 Å². The average Bonchev–Trinajstić information content (AvgIpc) is 2.19. The van der Waals surface area contributed by atoms with Crippen LogP contribution in [0.25, 0.3) is 0 Å². The van der Waals surface area contributed by atoms with E-state index in [0.29, 0.717) is 18.1 Å². The van der Waals surface area contributed by atoms with E-state index in [9.17, 15) is 5.11 Å². The number of hydrogen-bond donors (Lipinski definition) is 3. The number of halogens is 1. The van der Waals surface area contributed by atoms with Crippen molar-refractivity contribution in [2.75, 3.05) is 29.6 Å². The van der Waals surface area contributed by atoms with E-state index in [-0.39, 0.29) is 5.95 Å². The zero-order valence-electron chi connectivity index (χ0n) is 9.20. The first-order valence-electron chi connectivity index (χ1n) is 4.68. The number of aliphatic hydroxyl groups is 1. The van der Waals surface area contributed by atoms with Crippen LogP contribution in [0.2, 0.25) is 0 Å². The van der Waals surface area contributed by atoms with Gasteiger partial charge in [-0.1, -0.05) is 0 Å². The van der Waals surface area contributed by atoms with Crippen molar-refractivity contribution in [1.29, 1.82) is 0 Å². The lowest BCUT2D eigenvalue weighted by Gasteiger charge is -2.23. The van der Waals surface area contributed by atoms with Gasteiger partial charge in [-0.05, 0) is 29.1 Å². The molecule has 0 aliphatic rings. The minimum Gasteiger partial charge on any atom is -0.387 e. The molecule has 0 fully saturated rings. The lowest BCUT2D eigenvalue weighted by atomic mass is 10.1. The summed E-state index contributed by atoms with van der Waals surface area (Å²) >= 11 is 4.90. The van der Waals surface area contributed by atoms with E-state index in [0.717, 1.165) is 4.47 Å². The molecule has 0 saturated carbocycles. The van der Waals surface area contributed by atoms with Crippen molar-refractivity contribution in [3.05, 3.63) is 10.7 Å². The van der Waals surface area contributed by atoms with Gasteiger partial charge >= 0.3 is 0 Å². The van der Waals surface area contributed by atoms with Crippen LogP contribution in [-0.4, -0.2) is 39.2 Å². The molecule has 1 unspecified atom stereocenters. The Morgan fingerprint density at radius 1 is 1.69 bits per heavy atom. The van der Waals surface area contributed by atoms with Crippen LogP contribution in [0.15, 0.2) is 10.7 Å². The molecule has 1 aromatic rings. The summed E-state index contributed by atoms with van der Waals surface area (Å²) in [5, 5.41) is 13.0. The molecular weight excluding hydrogens is 292 g/mol. The Labute approximate surface area is 107 Å². The molecule has 0 aliphatic carbocycles. The minimum atomic E-state index is -0.779. The zero-order chi connectivity index (χ0) is 12.2. The van der Waals surface area contributed by atoms with E-state index in [1.54, 1.807) is 24.9 Å². The maximum absolute atomic E-state index is 9.96. The number of hydrogen-bond acceptors (Lipinski definition) is 6. The number of aromatic nitrogens is 2. The van der Waals surface area contributed by atoms with Gasteiger partial charge in [-0.2, -0.15) is 16.7 Å². The van der Waals surface area contributed by atoms with Crippen molar-refractivity contribution < 1.29 is 5.11 Å². The SMILES string of the molecule is CSCC(C)(O)CNc1nc(N)ncc1Br. The summed E-state index contributed by atoms with van der Waals surface area (Å²) in [6.07, 6.45) is 3.53. The Morgan fingerprint density at radius 2 is 2.38 bits per heavy atom. The highest BCUT2D eigenvalue weighted by atomic mass is 79.9. The Balaban J connectivity index is 2.63. The Hall–Kier alpha value is -0.530. The van der Waals surface area contributed by atoms with Crippen LogP contribution in [0, 0.1) is 0 Å². The molecule has 16 heavy (non-hydrogen) atoms. The molecule has 1 heterocycles. The van der Waals surface area contributed by atoms with Gasteiger partial charge < -0.3 is 16.2 Å². The van der Waals surface area contributed by atoms with Crippen LogP contribution in [0.1, 0.15) is 6.92 Å². The molecule has 1 aromatic heterocycles. The van der Waals surface area contributed by atoms with Crippen molar-refractivity contribution in [1.82, 2.24) is 9.97 Å². The van der Waals surface area contributed by atoms with E-state index >= 15 is 0 Å². The first-order chi connectivity index (χ1) is 7.44. The highest BCUT2D eigenvalue weighted by Gasteiger charge is 2.19. The van der Waals surface area contributed by atoms with E-state index < -0.39 is 5.60 Å². The number of rotatable bonds is 5. The summed E-state index contributed by atoms with van der Waals surface area (Å²) in [6, 6.07) is 0. The fraction of sp³-hybridized carbons (Fsp3) is 0.556. The fourth-order valence-corrected chi connectivity index (χ4v) is 2.20. The average molecular weight is 307 g/mol. The van der Waals surface area contributed by atoms with Gasteiger partial charge in [0.2, 0.25) is 5.95 Å². The van der Waals surface area contributed by atoms with Crippen LogP contribution in [0.3, 0.4) is 0 Å². The number of anilines is 2. The summed E-state index contributed by atoms with van der Waals surface area (Å²) < 4.78 is 0.724. The topological polar surface area (TPSA) is 84.1 Å². The Kier molecular flexibility index (Phi) is 4.82. The third-order valence-electron chi connectivity index (χ3n) is 1.85. The third-order valence-corrected chi connectivity index (χ3v) is 3.35. The Morgan fingerprint density at radius 3 is 3.00 bits per heavy atom. The molecule has 0 radical (unpaired) electrons. The number of thioether (sulfide) groups is 1. The predicted molar refractivity (Wildman–Crippen MR) is 71.6 cm³/mol. The number of nitrogen functional groups attached to an aromatic ring is 1. The van der Waals surface area contributed by atoms with Crippen LogP contribution in [-0.2, 0) is 0 Å². The van der Waals surface area contributed by atoms with E-state index in [1.807, 2.05) is 6.26 Å². The normalized spacial score (nSPS) is 14.5. The largest absolute Gasteiger partial charge is 0.387 e. The molecule has 0 aliphatic heterocycles. The summed E-state index contributed by atoms with van der Waals surface area (Å²) in [4.78, 5) is 7.86. The maximum Gasteiger partial charge on any atom is 0.221 e. The molecule has 90 valence electrons. The third kappa shape index (κ3) is 4.15. The summed E-state index contributed by atoms with van der Waals surface area (Å²) in [6.45, 7) is 2.18. The fourth-order valence-electron chi connectivity index (χ4n) is 1.14. The van der Waals surface area contributed by atoms with Gasteiger partial charge in [0.05, 0.1) is 10.1 Å².